The van der Waals surface area contributed by atoms with Gasteiger partial charge in [-0.15, -0.1) is 11.3 Å². The van der Waals surface area contributed by atoms with Crippen LogP contribution in [0.3, 0.4) is 0 Å². The maximum absolute atomic E-state index is 13.7. The minimum Gasteiger partial charge on any atom is -0.494 e. The number of aliphatic hydroxyl groups excluding tert-OH is 1. The number of carbonyl (C=O) groups excluding carboxylic acids is 1. The normalized spacial score (nSPS) is 12.2. The van der Waals surface area contributed by atoms with E-state index in [0.717, 1.165) is 6.42 Å². The van der Waals surface area contributed by atoms with Gasteiger partial charge >= 0.3 is 0 Å². The molecule has 2 aromatic carbocycles. The van der Waals surface area contributed by atoms with E-state index in [1.165, 1.54) is 22.3 Å². The molecule has 0 bridgehead atoms. The van der Waals surface area contributed by atoms with Gasteiger partial charge in [-0.25, -0.2) is 10.1 Å². The van der Waals surface area contributed by atoms with Crippen LogP contribution in [0.15, 0.2) is 53.9 Å². The van der Waals surface area contributed by atoms with Gasteiger partial charge in [0.2, 0.25) is 0 Å². The van der Waals surface area contributed by atoms with Gasteiger partial charge in [0, 0.05) is 23.6 Å². The second kappa shape index (κ2) is 13.5. The number of ether oxygens (including phenoxy) is 2. The summed E-state index contributed by atoms with van der Waals surface area (Å²) >= 11 is 1.21. The number of aryl methyl sites for hydroxylation is 1. The van der Waals surface area contributed by atoms with Gasteiger partial charge in [-0.2, -0.15) is 13.1 Å². The highest BCUT2D eigenvalue weighted by molar-refractivity contribution is 7.87. The van der Waals surface area contributed by atoms with E-state index in [9.17, 15) is 18.3 Å². The number of aromatic nitrogens is 1. The maximum Gasteiger partial charge on any atom is 0.276 e. The van der Waals surface area contributed by atoms with Crippen molar-refractivity contribution in [2.24, 2.45) is 5.14 Å². The summed E-state index contributed by atoms with van der Waals surface area (Å²) in [6.07, 6.45) is -0.0834. The van der Waals surface area contributed by atoms with Crippen LogP contribution in [0.2, 0.25) is 0 Å². The molecule has 0 saturated carbocycles. The number of benzene rings is 2. The van der Waals surface area contributed by atoms with Crippen LogP contribution in [0, 0.1) is 0 Å². The van der Waals surface area contributed by atoms with Crippen molar-refractivity contribution >= 4 is 27.5 Å². The third-order valence-corrected chi connectivity index (χ3v) is 6.63. The molecular weight excluding hydrogens is 516 g/mol. The Labute approximate surface area is 221 Å². The fourth-order valence-corrected chi connectivity index (χ4v) is 4.91. The van der Waals surface area contributed by atoms with Crippen LogP contribution in [0.4, 0.5) is 0 Å². The third-order valence-electron chi connectivity index (χ3n) is 5.22. The van der Waals surface area contributed by atoms with Gasteiger partial charge in [0.25, 0.3) is 16.1 Å². The molecule has 0 aliphatic heterocycles. The Balaban J connectivity index is 1.83. The molecule has 200 valence electrons. The Morgan fingerprint density at radius 1 is 1.14 bits per heavy atom. The smallest absolute Gasteiger partial charge is 0.276 e. The van der Waals surface area contributed by atoms with Crippen molar-refractivity contribution < 1.29 is 27.8 Å². The lowest BCUT2D eigenvalue weighted by molar-refractivity contribution is 0.0739. The molecular formula is C25H32N4O6S2. The highest BCUT2D eigenvalue weighted by Crippen LogP contribution is 2.25. The molecule has 0 fully saturated rings. The Morgan fingerprint density at radius 3 is 2.38 bits per heavy atom. The highest BCUT2D eigenvalue weighted by atomic mass is 32.2. The first-order chi connectivity index (χ1) is 17.7. The topological polar surface area (TPSA) is 144 Å². The van der Waals surface area contributed by atoms with Gasteiger partial charge in [-0.3, -0.25) is 4.79 Å². The highest BCUT2D eigenvalue weighted by Gasteiger charge is 2.22. The van der Waals surface area contributed by atoms with Crippen LogP contribution in [0.1, 0.15) is 53.1 Å². The maximum atomic E-state index is 13.7. The van der Waals surface area contributed by atoms with Gasteiger partial charge in [0.1, 0.15) is 16.5 Å². The van der Waals surface area contributed by atoms with E-state index >= 15 is 0 Å². The summed E-state index contributed by atoms with van der Waals surface area (Å²) in [6.45, 7) is 5.24. The lowest BCUT2D eigenvalue weighted by Crippen LogP contribution is -2.34. The molecule has 1 heterocycles. The molecule has 4 N–H and O–H groups in total. The Bertz CT molecular complexity index is 1240. The fraction of sp³-hybridized carbons (Fsp3) is 0.360. The van der Waals surface area contributed by atoms with Crippen LogP contribution in [-0.4, -0.2) is 49.1 Å². The Morgan fingerprint density at radius 2 is 1.78 bits per heavy atom. The monoisotopic (exact) mass is 548 g/mol. The van der Waals surface area contributed by atoms with E-state index < -0.39 is 16.4 Å². The third kappa shape index (κ3) is 9.09. The summed E-state index contributed by atoms with van der Waals surface area (Å²) in [5.74, 6) is 0.847. The van der Waals surface area contributed by atoms with Gasteiger partial charge in [-0.1, -0.05) is 30.3 Å². The lowest BCUT2D eigenvalue weighted by Gasteiger charge is -2.23. The van der Waals surface area contributed by atoms with Crippen LogP contribution in [-0.2, 0) is 23.2 Å². The van der Waals surface area contributed by atoms with Crippen LogP contribution >= 0.6 is 11.3 Å². The number of hydrogen-bond acceptors (Lipinski definition) is 8. The number of carbonyl (C=O) groups is 1. The average molecular weight is 549 g/mol. The first kappa shape index (κ1) is 28.5. The molecule has 3 rings (SSSR count). The van der Waals surface area contributed by atoms with E-state index in [0.29, 0.717) is 48.2 Å². The van der Waals surface area contributed by atoms with Crippen molar-refractivity contribution in [2.75, 3.05) is 19.8 Å². The molecule has 12 heteroatoms. The molecule has 3 aromatic rings. The first-order valence-electron chi connectivity index (χ1n) is 11.8. The molecule has 1 aromatic heterocycles. The van der Waals surface area contributed by atoms with E-state index in [2.05, 4.69) is 4.98 Å². The summed E-state index contributed by atoms with van der Waals surface area (Å²) in [5.41, 5.74) is 1.69. The van der Waals surface area contributed by atoms with Crippen molar-refractivity contribution in [3.05, 3.63) is 75.7 Å². The summed E-state index contributed by atoms with van der Waals surface area (Å²) in [5, 5.41) is 17.1. The molecule has 0 aliphatic rings. The fourth-order valence-electron chi connectivity index (χ4n) is 3.65. The zero-order valence-corrected chi connectivity index (χ0v) is 22.4. The van der Waals surface area contributed by atoms with Crippen molar-refractivity contribution in [3.8, 4) is 11.5 Å². The number of nitrogens with one attached hydrogen (secondary N) is 1. The number of rotatable bonds is 14. The molecule has 0 radical (unpaired) electrons. The minimum absolute atomic E-state index is 0.0997. The van der Waals surface area contributed by atoms with E-state index in [1.807, 2.05) is 48.9 Å². The standard InChI is InChI=1S/C25H32N4O6S2/c1-3-34-20-13-19(14-21(15-20)35-4-2)25(31)29(12-8-11-18-9-6-5-7-10-18)16-23-27-22(17-36-23)24(30)28-37(26,32)33/h5-7,9-10,13-15,17,24,28,30H,3-4,8,11-12,16H2,1-2H3,(H2,26,32,33). The van der Waals surface area contributed by atoms with E-state index in [1.54, 1.807) is 23.1 Å². The zero-order chi connectivity index (χ0) is 26.8. The molecule has 37 heavy (non-hydrogen) atoms. The van der Waals surface area contributed by atoms with Crippen molar-refractivity contribution in [2.45, 2.75) is 39.5 Å². The van der Waals surface area contributed by atoms with E-state index in [4.69, 9.17) is 14.6 Å². The van der Waals surface area contributed by atoms with E-state index in [-0.39, 0.29) is 18.1 Å². The largest absolute Gasteiger partial charge is 0.494 e. The summed E-state index contributed by atoms with van der Waals surface area (Å²) in [6, 6.07) is 15.1. The number of amides is 1. The van der Waals surface area contributed by atoms with Crippen molar-refractivity contribution in [1.82, 2.24) is 14.6 Å². The SMILES string of the molecule is CCOc1cc(OCC)cc(C(=O)N(CCCc2ccccc2)Cc2nc(C(O)NS(N)(=O)=O)cs2)c1. The van der Waals surface area contributed by atoms with Gasteiger partial charge in [0.15, 0.2) is 6.23 Å². The second-order valence-corrected chi connectivity index (χ2v) is 10.4. The van der Waals surface area contributed by atoms with Gasteiger partial charge in [0.05, 0.1) is 25.5 Å². The second-order valence-electron chi connectivity index (χ2n) is 8.11. The molecule has 1 unspecified atom stereocenters. The predicted molar refractivity (Wildman–Crippen MR) is 142 cm³/mol. The Kier molecular flexibility index (Phi) is 10.4. The predicted octanol–water partition coefficient (Wildman–Crippen LogP) is 3.00. The van der Waals surface area contributed by atoms with Crippen LogP contribution < -0.4 is 19.3 Å². The zero-order valence-electron chi connectivity index (χ0n) is 20.8. The quantitative estimate of drug-likeness (QED) is 0.263. The van der Waals surface area contributed by atoms with Crippen molar-refractivity contribution in [3.63, 3.8) is 0 Å². The molecule has 10 nitrogen and oxygen atoms in total. The number of hydrogen-bond donors (Lipinski definition) is 3. The number of thiazole rings is 1. The van der Waals surface area contributed by atoms with Gasteiger partial charge < -0.3 is 19.5 Å². The average Bonchev–Trinajstić information content (AvgIpc) is 3.32. The summed E-state index contributed by atoms with van der Waals surface area (Å²) in [4.78, 5) is 19.7. The molecule has 1 amide bonds. The summed E-state index contributed by atoms with van der Waals surface area (Å²) in [7, 11) is -4.11. The molecule has 0 saturated heterocycles. The van der Waals surface area contributed by atoms with Crippen molar-refractivity contribution in [1.29, 1.82) is 0 Å². The number of nitrogens with two attached hydrogens (primary N) is 1. The Hall–Kier alpha value is -3.03. The lowest BCUT2D eigenvalue weighted by atomic mass is 10.1. The molecule has 0 aliphatic carbocycles. The number of nitrogens with zero attached hydrogens (tertiary/aromatic N) is 2. The minimum atomic E-state index is -4.11. The molecule has 0 spiro atoms. The van der Waals surface area contributed by atoms with Gasteiger partial charge in [-0.05, 0) is 44.4 Å². The summed E-state index contributed by atoms with van der Waals surface area (Å²) < 4.78 is 35.6. The first-order valence-corrected chi connectivity index (χ1v) is 14.3. The number of aliphatic hydroxyl groups is 1. The van der Waals surface area contributed by atoms with Crippen LogP contribution in [0.25, 0.3) is 0 Å². The van der Waals surface area contributed by atoms with Crippen LogP contribution in [0.5, 0.6) is 11.5 Å². The molecule has 1 atom stereocenters.